The molecule has 0 saturated heterocycles. The average Bonchev–Trinajstić information content (AvgIpc) is 2.78. The number of non-ortho nitro benzene ring substituents is 1. The second-order valence-electron chi connectivity index (χ2n) is 7.33. The number of hydrogen-bond acceptors (Lipinski definition) is 7. The van der Waals surface area contributed by atoms with Crippen LogP contribution in [-0.2, 0) is 4.79 Å². The number of rotatable bonds is 7. The fourth-order valence-electron chi connectivity index (χ4n) is 3.61. The second kappa shape index (κ2) is 9.30. The monoisotopic (exact) mass is 437 g/mol. The third kappa shape index (κ3) is 4.46. The van der Waals surface area contributed by atoms with Gasteiger partial charge in [-0.3, -0.25) is 25.2 Å². The van der Waals surface area contributed by atoms with E-state index < -0.39 is 11.1 Å². The standard InChI is InChI=1S/C22H23N5O3S/c1-2-3-4-7-13-31-22-24-21(28)19-17-11-5-6-12-18(17)23-20(26(19)25-22)15-9-8-10-16(14-15)27(29)30/h5-6,8-12,14,20H,2-4,7,13H2,1H3,(H,24,25,28)/t20-/m1/s1. The molecule has 2 aliphatic heterocycles. The number of amidine groups is 1. The largest absolute Gasteiger partial charge is 0.298 e. The minimum absolute atomic E-state index is 0.0240. The lowest BCUT2D eigenvalue weighted by Crippen LogP contribution is -2.50. The van der Waals surface area contributed by atoms with Gasteiger partial charge >= 0.3 is 0 Å². The summed E-state index contributed by atoms with van der Waals surface area (Å²) in [7, 11) is 0. The third-order valence-electron chi connectivity index (χ3n) is 5.13. The number of thioether (sulfide) groups is 1. The maximum absolute atomic E-state index is 13.1. The highest BCUT2D eigenvalue weighted by molar-refractivity contribution is 8.13. The number of nitro groups is 1. The molecular formula is C22H23N5O3S. The smallest absolute Gasteiger partial charge is 0.276 e. The van der Waals surface area contributed by atoms with Crippen LogP contribution in [0.15, 0.2) is 58.6 Å². The molecule has 0 radical (unpaired) electrons. The predicted molar refractivity (Wildman–Crippen MR) is 120 cm³/mol. The van der Waals surface area contributed by atoms with Crippen LogP contribution in [0, 0.1) is 10.1 Å². The van der Waals surface area contributed by atoms with Gasteiger partial charge in [0.25, 0.3) is 11.6 Å². The number of nitro benzene ring substituents is 1. The van der Waals surface area contributed by atoms with Crippen molar-refractivity contribution in [1.29, 1.82) is 0 Å². The Kier molecular flexibility index (Phi) is 6.31. The molecule has 1 amide bonds. The van der Waals surface area contributed by atoms with Gasteiger partial charge in [-0.15, -0.1) is 5.10 Å². The zero-order valence-corrected chi connectivity index (χ0v) is 18.0. The maximum atomic E-state index is 13.1. The lowest BCUT2D eigenvalue weighted by Gasteiger charge is -2.34. The molecule has 0 aromatic heterocycles. The summed E-state index contributed by atoms with van der Waals surface area (Å²) in [5.74, 6) is 0.612. The topological polar surface area (TPSA) is 100 Å². The molecule has 0 fully saturated rings. The van der Waals surface area contributed by atoms with Crippen LogP contribution in [0.2, 0.25) is 0 Å². The summed E-state index contributed by atoms with van der Waals surface area (Å²) in [5.41, 5.74) is 0.980. The lowest BCUT2D eigenvalue weighted by molar-refractivity contribution is -0.384. The highest BCUT2D eigenvalue weighted by Gasteiger charge is 2.34. The van der Waals surface area contributed by atoms with Crippen molar-refractivity contribution in [2.45, 2.75) is 38.8 Å². The summed E-state index contributed by atoms with van der Waals surface area (Å²) in [4.78, 5) is 28.7. The van der Waals surface area contributed by atoms with Crippen molar-refractivity contribution < 1.29 is 9.72 Å². The molecule has 0 aliphatic carbocycles. The zero-order chi connectivity index (χ0) is 21.8. The SMILES string of the molecule is CCCCCCSC1=NN2C(=c3ccccc3=N[C@H]2c2cccc([N+](=O)[O-])c2)C(=O)N1. The maximum Gasteiger partial charge on any atom is 0.276 e. The van der Waals surface area contributed by atoms with E-state index in [4.69, 9.17) is 4.99 Å². The first kappa shape index (κ1) is 21.0. The molecule has 0 saturated carbocycles. The van der Waals surface area contributed by atoms with Gasteiger partial charge in [-0.25, -0.2) is 5.01 Å². The Balaban J connectivity index is 1.73. The van der Waals surface area contributed by atoms with E-state index in [1.807, 2.05) is 24.3 Å². The molecule has 8 nitrogen and oxygen atoms in total. The van der Waals surface area contributed by atoms with E-state index in [1.165, 1.54) is 36.7 Å². The van der Waals surface area contributed by atoms with Gasteiger partial charge < -0.3 is 0 Å². The lowest BCUT2D eigenvalue weighted by atomic mass is 10.1. The molecule has 0 unspecified atom stereocenters. The van der Waals surface area contributed by atoms with E-state index in [2.05, 4.69) is 17.3 Å². The van der Waals surface area contributed by atoms with Gasteiger partial charge in [0.1, 0.15) is 5.70 Å². The Morgan fingerprint density at radius 3 is 2.81 bits per heavy atom. The molecule has 31 heavy (non-hydrogen) atoms. The summed E-state index contributed by atoms with van der Waals surface area (Å²) in [6, 6.07) is 13.7. The van der Waals surface area contributed by atoms with Gasteiger partial charge in [0, 0.05) is 28.7 Å². The summed E-state index contributed by atoms with van der Waals surface area (Å²) in [6.07, 6.45) is 3.89. The Morgan fingerprint density at radius 1 is 1.16 bits per heavy atom. The van der Waals surface area contributed by atoms with Crippen molar-refractivity contribution in [1.82, 2.24) is 10.3 Å². The number of hydrazone groups is 1. The summed E-state index contributed by atoms with van der Waals surface area (Å²) >= 11 is 1.51. The first-order valence-corrected chi connectivity index (χ1v) is 11.3. The molecule has 160 valence electrons. The van der Waals surface area contributed by atoms with Gasteiger partial charge in [0.15, 0.2) is 11.3 Å². The van der Waals surface area contributed by atoms with Crippen LogP contribution < -0.4 is 15.9 Å². The van der Waals surface area contributed by atoms with Gasteiger partial charge in [-0.1, -0.05) is 68.3 Å². The minimum atomic E-state index is -0.661. The van der Waals surface area contributed by atoms with Crippen molar-refractivity contribution in [3.05, 3.63) is 74.8 Å². The number of carbonyl (C=O) groups is 1. The van der Waals surface area contributed by atoms with Crippen molar-refractivity contribution in [2.75, 3.05) is 5.75 Å². The van der Waals surface area contributed by atoms with Crippen molar-refractivity contribution in [3.8, 4) is 0 Å². The van der Waals surface area contributed by atoms with E-state index in [-0.39, 0.29) is 11.6 Å². The summed E-state index contributed by atoms with van der Waals surface area (Å²) in [6.45, 7) is 2.17. The van der Waals surface area contributed by atoms with E-state index >= 15 is 0 Å². The van der Waals surface area contributed by atoms with Crippen LogP contribution in [0.1, 0.15) is 44.3 Å². The van der Waals surface area contributed by atoms with E-state index in [9.17, 15) is 14.9 Å². The number of fused-ring (bicyclic) bond motifs is 2. The highest BCUT2D eigenvalue weighted by atomic mass is 32.2. The summed E-state index contributed by atoms with van der Waals surface area (Å²) in [5, 5.41) is 22.3. The molecule has 2 heterocycles. The summed E-state index contributed by atoms with van der Waals surface area (Å²) < 4.78 is 0. The number of amides is 1. The number of benzene rings is 2. The molecule has 0 spiro atoms. The number of hydrogen-bond donors (Lipinski definition) is 1. The molecule has 1 N–H and O–H groups in total. The zero-order valence-electron chi connectivity index (χ0n) is 17.2. The van der Waals surface area contributed by atoms with E-state index in [1.54, 1.807) is 17.1 Å². The van der Waals surface area contributed by atoms with Crippen LogP contribution in [-0.4, -0.2) is 26.8 Å². The number of unbranched alkanes of at least 4 members (excludes halogenated alkanes) is 3. The van der Waals surface area contributed by atoms with Crippen LogP contribution in [0.3, 0.4) is 0 Å². The second-order valence-corrected chi connectivity index (χ2v) is 8.42. The Labute approximate surface area is 183 Å². The van der Waals surface area contributed by atoms with Crippen LogP contribution in [0.5, 0.6) is 0 Å². The van der Waals surface area contributed by atoms with Gasteiger partial charge in [0.05, 0.1) is 10.3 Å². The first-order valence-electron chi connectivity index (χ1n) is 10.3. The normalized spacial score (nSPS) is 17.3. The third-order valence-corrected chi connectivity index (χ3v) is 6.08. The minimum Gasteiger partial charge on any atom is -0.298 e. The molecule has 9 heteroatoms. The molecule has 2 aromatic carbocycles. The average molecular weight is 438 g/mol. The van der Waals surface area contributed by atoms with Crippen molar-refractivity contribution in [2.24, 2.45) is 10.1 Å². The predicted octanol–water partition coefficient (Wildman–Crippen LogP) is 3.05. The van der Waals surface area contributed by atoms with Gasteiger partial charge in [-0.05, 0) is 12.5 Å². The fourth-order valence-corrected chi connectivity index (χ4v) is 4.46. The van der Waals surface area contributed by atoms with Crippen LogP contribution >= 0.6 is 11.8 Å². The van der Waals surface area contributed by atoms with Gasteiger partial charge in [-0.2, -0.15) is 0 Å². The van der Waals surface area contributed by atoms with Crippen LogP contribution in [0.4, 0.5) is 5.69 Å². The Bertz CT molecular complexity index is 1160. The van der Waals surface area contributed by atoms with E-state index in [0.29, 0.717) is 27.0 Å². The fraction of sp³-hybridized carbons (Fsp3) is 0.318. The van der Waals surface area contributed by atoms with Crippen molar-refractivity contribution >= 4 is 34.2 Å². The molecule has 1 atom stereocenters. The first-order chi connectivity index (χ1) is 15.1. The Hall–Kier alpha value is -3.20. The van der Waals surface area contributed by atoms with E-state index in [0.717, 1.165) is 18.6 Å². The molecule has 4 rings (SSSR count). The quantitative estimate of drug-likeness (QED) is 0.408. The van der Waals surface area contributed by atoms with Gasteiger partial charge in [0.2, 0.25) is 0 Å². The molecule has 2 aromatic rings. The Morgan fingerprint density at radius 2 is 2.00 bits per heavy atom. The number of nitrogens with one attached hydrogen (secondary N) is 1. The number of carbonyl (C=O) groups excluding carboxylic acids is 1. The van der Waals surface area contributed by atoms with Crippen LogP contribution in [0.25, 0.3) is 5.70 Å². The number of nitrogens with zero attached hydrogens (tertiary/aromatic N) is 4. The number of para-hydroxylation sites is 1. The molecule has 0 bridgehead atoms. The van der Waals surface area contributed by atoms with Crippen molar-refractivity contribution in [3.63, 3.8) is 0 Å². The molecular weight excluding hydrogens is 414 g/mol. The highest BCUT2D eigenvalue weighted by Crippen LogP contribution is 2.32. The molecule has 2 aliphatic rings.